The number of amides is 2. The van der Waals surface area contributed by atoms with Crippen LogP contribution in [0.1, 0.15) is 53.4 Å². The molecule has 21 heavy (non-hydrogen) atoms. The van der Waals surface area contributed by atoms with E-state index < -0.39 is 5.41 Å². The third kappa shape index (κ3) is 6.42. The summed E-state index contributed by atoms with van der Waals surface area (Å²) in [7, 11) is 0. The van der Waals surface area contributed by atoms with E-state index in [4.69, 9.17) is 18.0 Å². The number of carbonyl (C=O) groups is 2. The second kappa shape index (κ2) is 9.71. The van der Waals surface area contributed by atoms with Gasteiger partial charge in [-0.15, -0.1) is 0 Å². The largest absolute Gasteiger partial charge is 0.392 e. The fourth-order valence-electron chi connectivity index (χ4n) is 2.27. The van der Waals surface area contributed by atoms with E-state index >= 15 is 0 Å². The Balaban J connectivity index is 4.68. The molecule has 0 aliphatic heterocycles. The molecule has 2 amide bonds. The van der Waals surface area contributed by atoms with Gasteiger partial charge in [0.2, 0.25) is 11.8 Å². The molecule has 0 atom stereocenters. The van der Waals surface area contributed by atoms with Gasteiger partial charge in [-0.25, -0.2) is 0 Å². The van der Waals surface area contributed by atoms with Crippen molar-refractivity contribution in [1.29, 1.82) is 0 Å². The average Bonchev–Trinajstić information content (AvgIpc) is 2.41. The Morgan fingerprint density at radius 2 is 1.67 bits per heavy atom. The number of thiocarbonyl (C=S) groups is 1. The zero-order valence-corrected chi connectivity index (χ0v) is 14.4. The predicted molar refractivity (Wildman–Crippen MR) is 89.9 cm³/mol. The fourth-order valence-corrected chi connectivity index (χ4v) is 2.57. The minimum absolute atomic E-state index is 0.0383. The van der Waals surface area contributed by atoms with Gasteiger partial charge in [-0.05, 0) is 18.8 Å². The first kappa shape index (κ1) is 19.8. The average molecular weight is 315 g/mol. The van der Waals surface area contributed by atoms with E-state index in [1.165, 1.54) is 0 Å². The summed E-state index contributed by atoms with van der Waals surface area (Å²) >= 11 is 5.12. The van der Waals surface area contributed by atoms with Gasteiger partial charge in [0, 0.05) is 6.54 Å². The highest BCUT2D eigenvalue weighted by molar-refractivity contribution is 7.80. The van der Waals surface area contributed by atoms with E-state index in [1.807, 2.05) is 27.7 Å². The molecule has 5 nitrogen and oxygen atoms in total. The van der Waals surface area contributed by atoms with Gasteiger partial charge in [0.1, 0.15) is 0 Å². The van der Waals surface area contributed by atoms with Crippen LogP contribution in [-0.4, -0.2) is 29.9 Å². The normalized spacial score (nSPS) is 11.3. The highest BCUT2D eigenvalue weighted by Gasteiger charge is 2.39. The van der Waals surface area contributed by atoms with E-state index in [0.29, 0.717) is 25.3 Å². The Morgan fingerprint density at radius 1 is 1.14 bits per heavy atom. The van der Waals surface area contributed by atoms with Crippen molar-refractivity contribution < 1.29 is 9.59 Å². The lowest BCUT2D eigenvalue weighted by Gasteiger charge is -2.30. The first-order chi connectivity index (χ1) is 9.80. The zero-order valence-electron chi connectivity index (χ0n) is 13.6. The molecular weight excluding hydrogens is 286 g/mol. The molecule has 122 valence electrons. The predicted octanol–water partition coefficient (Wildman–Crippen LogP) is 1.75. The third-order valence-electron chi connectivity index (χ3n) is 3.38. The van der Waals surface area contributed by atoms with Gasteiger partial charge in [0.15, 0.2) is 0 Å². The summed E-state index contributed by atoms with van der Waals surface area (Å²) in [5.74, 6) is -0.0548. The quantitative estimate of drug-likeness (QED) is 0.536. The molecule has 0 aromatic rings. The monoisotopic (exact) mass is 315 g/mol. The van der Waals surface area contributed by atoms with Crippen molar-refractivity contribution >= 4 is 29.0 Å². The molecule has 0 aliphatic rings. The third-order valence-corrected chi connectivity index (χ3v) is 3.77. The lowest BCUT2D eigenvalue weighted by atomic mass is 9.78. The van der Waals surface area contributed by atoms with Crippen molar-refractivity contribution in [2.75, 3.05) is 13.1 Å². The maximum absolute atomic E-state index is 12.5. The van der Waals surface area contributed by atoms with E-state index in [0.717, 1.165) is 12.8 Å². The van der Waals surface area contributed by atoms with Crippen molar-refractivity contribution in [2.24, 2.45) is 17.1 Å². The number of hydrogen-bond acceptors (Lipinski definition) is 3. The summed E-state index contributed by atoms with van der Waals surface area (Å²) in [5.41, 5.74) is 4.98. The number of carbonyl (C=O) groups excluding carboxylic acids is 2. The molecule has 0 radical (unpaired) electrons. The van der Waals surface area contributed by atoms with Gasteiger partial charge < -0.3 is 16.4 Å². The first-order valence-electron chi connectivity index (χ1n) is 7.65. The molecule has 0 rings (SSSR count). The van der Waals surface area contributed by atoms with Crippen LogP contribution < -0.4 is 16.4 Å². The van der Waals surface area contributed by atoms with Gasteiger partial charge in [-0.3, -0.25) is 9.59 Å². The Morgan fingerprint density at radius 3 is 2.05 bits per heavy atom. The van der Waals surface area contributed by atoms with Crippen LogP contribution >= 0.6 is 12.2 Å². The first-order valence-corrected chi connectivity index (χ1v) is 8.05. The van der Waals surface area contributed by atoms with E-state index in [2.05, 4.69) is 10.6 Å². The number of nitrogens with one attached hydrogen (secondary N) is 2. The molecule has 0 aliphatic carbocycles. The molecule has 6 heteroatoms. The molecule has 0 saturated heterocycles. The van der Waals surface area contributed by atoms with Crippen molar-refractivity contribution in [3.8, 4) is 0 Å². The van der Waals surface area contributed by atoms with E-state index in [-0.39, 0.29) is 23.3 Å². The maximum Gasteiger partial charge on any atom is 0.239 e. The van der Waals surface area contributed by atoms with Gasteiger partial charge in [-0.1, -0.05) is 52.8 Å². The summed E-state index contributed by atoms with van der Waals surface area (Å²) < 4.78 is 0. The summed E-state index contributed by atoms with van der Waals surface area (Å²) in [4.78, 5) is 24.4. The van der Waals surface area contributed by atoms with Crippen molar-refractivity contribution in [2.45, 2.75) is 53.4 Å². The van der Waals surface area contributed by atoms with E-state index in [1.54, 1.807) is 0 Å². The van der Waals surface area contributed by atoms with Crippen LogP contribution in [-0.2, 0) is 9.59 Å². The molecule has 4 N–H and O–H groups in total. The van der Waals surface area contributed by atoms with Crippen LogP contribution in [0.4, 0.5) is 0 Å². The number of nitrogens with two attached hydrogens (primary N) is 1. The minimum atomic E-state index is -0.836. The Kier molecular flexibility index (Phi) is 9.17. The second-order valence-corrected chi connectivity index (χ2v) is 6.27. The summed E-state index contributed by atoms with van der Waals surface area (Å²) in [6, 6.07) is 0. The summed E-state index contributed by atoms with van der Waals surface area (Å²) in [6.07, 6.45) is 2.83. The van der Waals surface area contributed by atoms with Gasteiger partial charge in [-0.2, -0.15) is 0 Å². The van der Waals surface area contributed by atoms with Crippen molar-refractivity contribution in [1.82, 2.24) is 10.6 Å². The van der Waals surface area contributed by atoms with Crippen LogP contribution in [0.5, 0.6) is 0 Å². The number of rotatable bonds is 10. The van der Waals surface area contributed by atoms with Crippen molar-refractivity contribution in [3.05, 3.63) is 0 Å². The number of hydrogen-bond donors (Lipinski definition) is 3. The van der Waals surface area contributed by atoms with Crippen LogP contribution in [0.15, 0.2) is 0 Å². The zero-order chi connectivity index (χ0) is 16.5. The molecule has 0 unspecified atom stereocenters. The second-order valence-electron chi connectivity index (χ2n) is 5.83. The van der Waals surface area contributed by atoms with Crippen molar-refractivity contribution in [3.63, 3.8) is 0 Å². The summed E-state index contributed by atoms with van der Waals surface area (Å²) in [6.45, 7) is 8.57. The van der Waals surface area contributed by atoms with Gasteiger partial charge in [0.05, 0.1) is 16.9 Å². The Labute approximate surface area is 133 Å². The summed E-state index contributed by atoms with van der Waals surface area (Å²) in [5, 5.41) is 5.44. The highest BCUT2D eigenvalue weighted by Crippen LogP contribution is 2.30. The maximum atomic E-state index is 12.5. The van der Waals surface area contributed by atoms with Crippen LogP contribution in [0, 0.1) is 11.3 Å². The van der Waals surface area contributed by atoms with Crippen LogP contribution in [0.3, 0.4) is 0 Å². The standard InChI is InChI=1S/C15H29N3O2S/c1-5-7-15(8-6-2,13(16)21)14(20)18-10-12(19)17-9-11(3)4/h11H,5-10H2,1-4H3,(H2,16,21)(H,17,19)(H,18,20). The van der Waals surface area contributed by atoms with E-state index in [9.17, 15) is 9.59 Å². The smallest absolute Gasteiger partial charge is 0.239 e. The lowest BCUT2D eigenvalue weighted by molar-refractivity contribution is -0.131. The molecule has 0 bridgehead atoms. The lowest BCUT2D eigenvalue weighted by Crippen LogP contribution is -2.51. The SMILES string of the molecule is CCCC(CCC)(C(=O)NCC(=O)NCC(C)C)C(N)=S. The molecule has 0 aromatic carbocycles. The Hall–Kier alpha value is -1.17. The molecule has 0 heterocycles. The van der Waals surface area contributed by atoms with Gasteiger partial charge >= 0.3 is 0 Å². The molecule has 0 spiro atoms. The van der Waals surface area contributed by atoms with Gasteiger partial charge in [0.25, 0.3) is 0 Å². The molecule has 0 saturated carbocycles. The van der Waals surface area contributed by atoms with Crippen LogP contribution in [0.25, 0.3) is 0 Å². The Bertz CT molecular complexity index is 364. The molecular formula is C15H29N3O2S. The molecule has 0 fully saturated rings. The highest BCUT2D eigenvalue weighted by atomic mass is 32.1. The molecule has 0 aromatic heterocycles. The minimum Gasteiger partial charge on any atom is -0.392 e. The van der Waals surface area contributed by atoms with Crippen LogP contribution in [0.2, 0.25) is 0 Å². The fraction of sp³-hybridized carbons (Fsp3) is 0.800. The topological polar surface area (TPSA) is 84.2 Å².